The molecule has 5 heteroatoms. The number of aryl methyl sites for hydroxylation is 1. The summed E-state index contributed by atoms with van der Waals surface area (Å²) in [6, 6.07) is 4.61. The summed E-state index contributed by atoms with van der Waals surface area (Å²) in [5, 5.41) is 0. The summed E-state index contributed by atoms with van der Waals surface area (Å²) in [5.41, 5.74) is 1.55. The number of carbonyl (C=O) groups is 1. The molecule has 1 amide bonds. The number of benzene rings is 1. The van der Waals surface area contributed by atoms with Crippen molar-refractivity contribution in [1.29, 1.82) is 0 Å². The van der Waals surface area contributed by atoms with Crippen molar-refractivity contribution < 1.29 is 9.18 Å². The molecule has 0 spiro atoms. The second-order valence-corrected chi connectivity index (χ2v) is 4.69. The number of imidazole rings is 1. The molecule has 0 aliphatic rings. The highest BCUT2D eigenvalue weighted by atomic mass is 19.1. The van der Waals surface area contributed by atoms with E-state index in [1.807, 2.05) is 4.57 Å². The SMILES string of the molecule is CCCn1c(CN(C)C(C)=O)nc2cc(F)ccc21. The van der Waals surface area contributed by atoms with Gasteiger partial charge in [-0.15, -0.1) is 0 Å². The normalized spacial score (nSPS) is 10.9. The van der Waals surface area contributed by atoms with Crippen LogP contribution < -0.4 is 0 Å². The van der Waals surface area contributed by atoms with Gasteiger partial charge in [0.1, 0.15) is 11.6 Å². The van der Waals surface area contributed by atoms with Gasteiger partial charge in [0.15, 0.2) is 0 Å². The Morgan fingerprint density at radius 2 is 2.21 bits per heavy atom. The maximum Gasteiger partial charge on any atom is 0.219 e. The number of amides is 1. The molecule has 0 N–H and O–H groups in total. The van der Waals surface area contributed by atoms with Crippen molar-refractivity contribution in [3.63, 3.8) is 0 Å². The summed E-state index contributed by atoms with van der Waals surface area (Å²) in [7, 11) is 1.73. The number of carbonyl (C=O) groups excluding carboxylic acids is 1. The highest BCUT2D eigenvalue weighted by Crippen LogP contribution is 2.19. The molecule has 2 rings (SSSR count). The number of hydrogen-bond acceptors (Lipinski definition) is 2. The molecule has 0 radical (unpaired) electrons. The molecule has 0 atom stereocenters. The van der Waals surface area contributed by atoms with Crippen molar-refractivity contribution in [2.24, 2.45) is 0 Å². The Labute approximate surface area is 111 Å². The monoisotopic (exact) mass is 263 g/mol. The van der Waals surface area contributed by atoms with E-state index in [2.05, 4.69) is 11.9 Å². The van der Waals surface area contributed by atoms with Gasteiger partial charge >= 0.3 is 0 Å². The average Bonchev–Trinajstić information content (AvgIpc) is 2.67. The van der Waals surface area contributed by atoms with Crippen LogP contribution in [-0.2, 0) is 17.9 Å². The largest absolute Gasteiger partial charge is 0.339 e. The van der Waals surface area contributed by atoms with Gasteiger partial charge in [-0.3, -0.25) is 4.79 Å². The fourth-order valence-corrected chi connectivity index (χ4v) is 2.07. The molecule has 1 aromatic heterocycles. The molecule has 102 valence electrons. The van der Waals surface area contributed by atoms with E-state index < -0.39 is 0 Å². The Morgan fingerprint density at radius 3 is 2.84 bits per heavy atom. The van der Waals surface area contributed by atoms with Gasteiger partial charge in [0, 0.05) is 26.6 Å². The third-order valence-corrected chi connectivity index (χ3v) is 3.15. The summed E-state index contributed by atoms with van der Waals surface area (Å²) in [5.74, 6) is 0.488. The van der Waals surface area contributed by atoms with E-state index in [4.69, 9.17) is 0 Å². The molecular formula is C14H18FN3O. The minimum Gasteiger partial charge on any atom is -0.339 e. The van der Waals surface area contributed by atoms with E-state index in [0.29, 0.717) is 12.1 Å². The quantitative estimate of drug-likeness (QED) is 0.850. The molecule has 0 unspecified atom stereocenters. The first-order valence-electron chi connectivity index (χ1n) is 6.39. The number of halogens is 1. The minimum absolute atomic E-state index is 0.0127. The average molecular weight is 263 g/mol. The van der Waals surface area contributed by atoms with E-state index in [-0.39, 0.29) is 11.7 Å². The van der Waals surface area contributed by atoms with E-state index in [9.17, 15) is 9.18 Å². The number of hydrogen-bond donors (Lipinski definition) is 0. The third kappa shape index (κ3) is 2.75. The second-order valence-electron chi connectivity index (χ2n) is 4.69. The van der Waals surface area contributed by atoms with E-state index in [0.717, 1.165) is 24.3 Å². The molecule has 0 fully saturated rings. The Balaban J connectivity index is 2.46. The van der Waals surface area contributed by atoms with E-state index >= 15 is 0 Å². The lowest BCUT2D eigenvalue weighted by atomic mass is 10.3. The highest BCUT2D eigenvalue weighted by molar-refractivity contribution is 5.76. The molecular weight excluding hydrogens is 245 g/mol. The molecule has 0 saturated carbocycles. The summed E-state index contributed by atoms with van der Waals surface area (Å²) in [4.78, 5) is 17.4. The molecule has 0 bridgehead atoms. The Hall–Kier alpha value is -1.91. The fraction of sp³-hybridized carbons (Fsp3) is 0.429. The van der Waals surface area contributed by atoms with Crippen LogP contribution in [0.1, 0.15) is 26.1 Å². The fourth-order valence-electron chi connectivity index (χ4n) is 2.07. The van der Waals surface area contributed by atoms with Crippen molar-refractivity contribution >= 4 is 16.9 Å². The van der Waals surface area contributed by atoms with Crippen LogP contribution in [0.2, 0.25) is 0 Å². The van der Waals surface area contributed by atoms with Crippen LogP contribution >= 0.6 is 0 Å². The van der Waals surface area contributed by atoms with Crippen molar-refractivity contribution in [2.75, 3.05) is 7.05 Å². The van der Waals surface area contributed by atoms with Crippen LogP contribution in [0.4, 0.5) is 4.39 Å². The first kappa shape index (κ1) is 13.5. The highest BCUT2D eigenvalue weighted by Gasteiger charge is 2.13. The Bertz CT molecular complexity index is 606. The zero-order valence-electron chi connectivity index (χ0n) is 11.5. The number of nitrogens with zero attached hydrogens (tertiary/aromatic N) is 3. The van der Waals surface area contributed by atoms with Crippen LogP contribution in [-0.4, -0.2) is 27.4 Å². The number of aromatic nitrogens is 2. The van der Waals surface area contributed by atoms with Crippen molar-refractivity contribution in [1.82, 2.24) is 14.5 Å². The molecule has 0 aliphatic carbocycles. The molecule has 1 heterocycles. The van der Waals surface area contributed by atoms with Crippen molar-refractivity contribution in [3.8, 4) is 0 Å². The first-order chi connectivity index (χ1) is 9.02. The van der Waals surface area contributed by atoms with Crippen molar-refractivity contribution in [2.45, 2.75) is 33.4 Å². The van der Waals surface area contributed by atoms with E-state index in [1.54, 1.807) is 18.0 Å². The van der Waals surface area contributed by atoms with Gasteiger partial charge in [-0.1, -0.05) is 6.92 Å². The molecule has 1 aromatic carbocycles. The smallest absolute Gasteiger partial charge is 0.219 e. The summed E-state index contributed by atoms with van der Waals surface area (Å²) >= 11 is 0. The number of rotatable bonds is 4. The lowest BCUT2D eigenvalue weighted by Crippen LogP contribution is -2.25. The zero-order chi connectivity index (χ0) is 14.0. The van der Waals surface area contributed by atoms with Crippen molar-refractivity contribution in [3.05, 3.63) is 29.8 Å². The van der Waals surface area contributed by atoms with Gasteiger partial charge in [0.25, 0.3) is 0 Å². The van der Waals surface area contributed by atoms with Gasteiger partial charge in [0.05, 0.1) is 17.6 Å². The van der Waals surface area contributed by atoms with Gasteiger partial charge in [-0.2, -0.15) is 0 Å². The standard InChI is InChI=1S/C14H18FN3O/c1-4-7-18-13-6-5-11(15)8-12(13)16-14(18)9-17(3)10(2)19/h5-6,8H,4,7,9H2,1-3H3. The van der Waals surface area contributed by atoms with Crippen LogP contribution in [0.15, 0.2) is 18.2 Å². The lowest BCUT2D eigenvalue weighted by Gasteiger charge is -2.15. The topological polar surface area (TPSA) is 38.1 Å². The summed E-state index contributed by atoms with van der Waals surface area (Å²) in [6.07, 6.45) is 0.958. The Kier molecular flexibility index (Phi) is 3.83. The van der Waals surface area contributed by atoms with Gasteiger partial charge in [-0.25, -0.2) is 9.37 Å². The molecule has 0 saturated heterocycles. The molecule has 2 aromatic rings. The van der Waals surface area contributed by atoms with Crippen LogP contribution in [0, 0.1) is 5.82 Å². The second kappa shape index (κ2) is 5.38. The van der Waals surface area contributed by atoms with E-state index in [1.165, 1.54) is 19.1 Å². The van der Waals surface area contributed by atoms with Gasteiger partial charge in [0.2, 0.25) is 5.91 Å². The first-order valence-corrected chi connectivity index (χ1v) is 6.39. The summed E-state index contributed by atoms with van der Waals surface area (Å²) in [6.45, 7) is 4.84. The third-order valence-electron chi connectivity index (χ3n) is 3.15. The zero-order valence-corrected chi connectivity index (χ0v) is 11.5. The maximum atomic E-state index is 13.2. The summed E-state index contributed by atoms with van der Waals surface area (Å²) < 4.78 is 15.3. The van der Waals surface area contributed by atoms with Gasteiger partial charge < -0.3 is 9.47 Å². The van der Waals surface area contributed by atoms with Crippen LogP contribution in [0.3, 0.4) is 0 Å². The molecule has 4 nitrogen and oxygen atoms in total. The molecule has 19 heavy (non-hydrogen) atoms. The lowest BCUT2D eigenvalue weighted by molar-refractivity contribution is -0.128. The van der Waals surface area contributed by atoms with Crippen LogP contribution in [0.5, 0.6) is 0 Å². The van der Waals surface area contributed by atoms with Gasteiger partial charge in [-0.05, 0) is 18.6 Å². The Morgan fingerprint density at radius 1 is 1.47 bits per heavy atom. The predicted molar refractivity (Wildman–Crippen MR) is 72.1 cm³/mol. The number of fused-ring (bicyclic) bond motifs is 1. The predicted octanol–water partition coefficient (Wildman–Crippen LogP) is 2.56. The molecule has 0 aliphatic heterocycles. The maximum absolute atomic E-state index is 13.2. The minimum atomic E-state index is -0.292. The van der Waals surface area contributed by atoms with Crippen LogP contribution in [0.25, 0.3) is 11.0 Å².